The Morgan fingerprint density at radius 2 is 2.21 bits per heavy atom. The summed E-state index contributed by atoms with van der Waals surface area (Å²) in [5.74, 6) is -0.00393. The van der Waals surface area contributed by atoms with Crippen molar-refractivity contribution in [2.75, 3.05) is 0 Å². The molecule has 0 spiro atoms. The van der Waals surface area contributed by atoms with E-state index in [1.165, 1.54) is 0 Å². The van der Waals surface area contributed by atoms with Crippen LogP contribution in [-0.2, 0) is 0 Å². The number of rotatable bonds is 1. The summed E-state index contributed by atoms with van der Waals surface area (Å²) in [6, 6.07) is 0. The molecule has 0 fully saturated rings. The molecule has 2 heterocycles. The first-order chi connectivity index (χ1) is 6.59. The maximum Gasteiger partial charge on any atom is 0.166 e. The first-order valence-corrected chi connectivity index (χ1v) is 4.25. The zero-order valence-corrected chi connectivity index (χ0v) is 8.07. The maximum atomic E-state index is 7.34. The number of nitrogens with one attached hydrogen (secondary N) is 1. The van der Waals surface area contributed by atoms with E-state index in [9.17, 15) is 0 Å². The van der Waals surface area contributed by atoms with Gasteiger partial charge in [0, 0.05) is 11.9 Å². The number of hydrogen-bond acceptors (Lipinski definition) is 3. The smallest absolute Gasteiger partial charge is 0.166 e. The third kappa shape index (κ3) is 1.14. The SMILES string of the molecule is Cc1cn2ncc(C(=N)N)c2nc1C. The summed E-state index contributed by atoms with van der Waals surface area (Å²) in [4.78, 5) is 4.34. The van der Waals surface area contributed by atoms with Gasteiger partial charge in [0.05, 0.1) is 11.8 Å². The zero-order valence-electron chi connectivity index (χ0n) is 8.07. The lowest BCUT2D eigenvalue weighted by Crippen LogP contribution is -2.11. The van der Waals surface area contributed by atoms with Gasteiger partial charge in [0.15, 0.2) is 5.65 Å². The lowest BCUT2D eigenvalue weighted by molar-refractivity contribution is 0.915. The van der Waals surface area contributed by atoms with Crippen molar-refractivity contribution >= 4 is 11.5 Å². The second kappa shape index (κ2) is 2.80. The molecule has 0 amide bonds. The Hall–Kier alpha value is -1.91. The lowest BCUT2D eigenvalue weighted by atomic mass is 10.2. The van der Waals surface area contributed by atoms with Gasteiger partial charge in [-0.15, -0.1) is 0 Å². The first kappa shape index (κ1) is 8.68. The van der Waals surface area contributed by atoms with E-state index >= 15 is 0 Å². The van der Waals surface area contributed by atoms with Gasteiger partial charge in [-0.05, 0) is 19.4 Å². The summed E-state index contributed by atoms with van der Waals surface area (Å²) in [7, 11) is 0. The second-order valence-electron chi connectivity index (χ2n) is 3.25. The molecule has 0 atom stereocenters. The number of aromatic nitrogens is 3. The number of amidine groups is 1. The van der Waals surface area contributed by atoms with Crippen molar-refractivity contribution in [1.29, 1.82) is 5.41 Å². The number of fused-ring (bicyclic) bond motifs is 1. The molecule has 0 aliphatic rings. The van der Waals surface area contributed by atoms with Gasteiger partial charge in [0.1, 0.15) is 5.84 Å². The summed E-state index contributed by atoms with van der Waals surface area (Å²) in [5.41, 5.74) is 8.62. The summed E-state index contributed by atoms with van der Waals surface area (Å²) in [6.07, 6.45) is 3.44. The van der Waals surface area contributed by atoms with Crippen molar-refractivity contribution in [2.45, 2.75) is 13.8 Å². The topological polar surface area (TPSA) is 80.1 Å². The highest BCUT2D eigenvalue weighted by atomic mass is 15.2. The van der Waals surface area contributed by atoms with E-state index < -0.39 is 0 Å². The largest absolute Gasteiger partial charge is 0.384 e. The quantitative estimate of drug-likeness (QED) is 0.510. The average molecular weight is 189 g/mol. The maximum absolute atomic E-state index is 7.34. The van der Waals surface area contributed by atoms with Crippen molar-refractivity contribution in [3.63, 3.8) is 0 Å². The summed E-state index contributed by atoms with van der Waals surface area (Å²) >= 11 is 0. The van der Waals surface area contributed by atoms with Gasteiger partial charge in [0.2, 0.25) is 0 Å². The minimum atomic E-state index is -0.00393. The molecule has 5 nitrogen and oxygen atoms in total. The van der Waals surface area contributed by atoms with Crippen molar-refractivity contribution < 1.29 is 0 Å². The molecule has 0 saturated heterocycles. The van der Waals surface area contributed by atoms with Crippen LogP contribution in [0.3, 0.4) is 0 Å². The number of nitrogen functional groups attached to an aromatic ring is 1. The van der Waals surface area contributed by atoms with E-state index in [4.69, 9.17) is 11.1 Å². The minimum Gasteiger partial charge on any atom is -0.384 e. The van der Waals surface area contributed by atoms with Crippen molar-refractivity contribution in [3.8, 4) is 0 Å². The van der Waals surface area contributed by atoms with Crippen molar-refractivity contribution in [3.05, 3.63) is 29.2 Å². The molecular weight excluding hydrogens is 178 g/mol. The summed E-state index contributed by atoms with van der Waals surface area (Å²) in [6.45, 7) is 3.89. The van der Waals surface area contributed by atoms with E-state index in [-0.39, 0.29) is 5.84 Å². The molecule has 0 aliphatic heterocycles. The molecule has 0 radical (unpaired) electrons. The highest BCUT2D eigenvalue weighted by Crippen LogP contribution is 2.10. The van der Waals surface area contributed by atoms with Crippen LogP contribution in [0.5, 0.6) is 0 Å². The summed E-state index contributed by atoms with van der Waals surface area (Å²) < 4.78 is 1.64. The van der Waals surface area contributed by atoms with Crippen LogP contribution in [0.25, 0.3) is 5.65 Å². The Bertz CT molecular complexity index is 511. The standard InChI is InChI=1S/C9H11N5/c1-5-4-14-9(13-6(5)2)7(3-12-14)8(10)11/h3-4H,1-2H3,(H3,10,11). The van der Waals surface area contributed by atoms with Crippen LogP contribution in [0.2, 0.25) is 0 Å². The zero-order chi connectivity index (χ0) is 10.3. The van der Waals surface area contributed by atoms with E-state index in [1.807, 2.05) is 20.0 Å². The Balaban J connectivity index is 2.80. The lowest BCUT2D eigenvalue weighted by Gasteiger charge is -2.00. The Labute approximate surface area is 81.1 Å². The van der Waals surface area contributed by atoms with E-state index in [1.54, 1.807) is 10.7 Å². The molecule has 5 heteroatoms. The van der Waals surface area contributed by atoms with E-state index in [2.05, 4.69) is 10.1 Å². The van der Waals surface area contributed by atoms with Crippen LogP contribution >= 0.6 is 0 Å². The van der Waals surface area contributed by atoms with Crippen LogP contribution in [0.15, 0.2) is 12.4 Å². The number of hydrogen-bond donors (Lipinski definition) is 2. The van der Waals surface area contributed by atoms with Crippen molar-refractivity contribution in [1.82, 2.24) is 14.6 Å². The fourth-order valence-electron chi connectivity index (χ4n) is 1.28. The minimum absolute atomic E-state index is 0.00393. The molecule has 14 heavy (non-hydrogen) atoms. The predicted octanol–water partition coefficient (Wildman–Crippen LogP) is 0.630. The Morgan fingerprint density at radius 1 is 1.50 bits per heavy atom. The normalized spacial score (nSPS) is 10.7. The molecule has 0 aliphatic carbocycles. The van der Waals surface area contributed by atoms with E-state index in [0.29, 0.717) is 11.2 Å². The third-order valence-corrected chi connectivity index (χ3v) is 2.22. The van der Waals surface area contributed by atoms with Gasteiger partial charge in [-0.2, -0.15) is 5.10 Å². The van der Waals surface area contributed by atoms with Gasteiger partial charge >= 0.3 is 0 Å². The van der Waals surface area contributed by atoms with Gasteiger partial charge in [0.25, 0.3) is 0 Å². The van der Waals surface area contributed by atoms with Crippen LogP contribution in [-0.4, -0.2) is 20.4 Å². The average Bonchev–Trinajstić information content (AvgIpc) is 2.48. The van der Waals surface area contributed by atoms with Crippen LogP contribution < -0.4 is 5.73 Å². The predicted molar refractivity (Wildman–Crippen MR) is 53.5 cm³/mol. The number of aryl methyl sites for hydroxylation is 2. The van der Waals surface area contributed by atoms with Crippen LogP contribution in [0.4, 0.5) is 0 Å². The fraction of sp³-hybridized carbons (Fsp3) is 0.222. The molecular formula is C9H11N5. The number of nitrogens with zero attached hydrogens (tertiary/aromatic N) is 3. The Kier molecular flexibility index (Phi) is 1.73. The first-order valence-electron chi connectivity index (χ1n) is 4.25. The molecule has 2 aromatic rings. The van der Waals surface area contributed by atoms with Gasteiger partial charge in [-0.25, -0.2) is 9.50 Å². The Morgan fingerprint density at radius 3 is 2.86 bits per heavy atom. The molecule has 0 unspecified atom stereocenters. The molecule has 2 rings (SSSR count). The molecule has 3 N–H and O–H groups in total. The van der Waals surface area contributed by atoms with Gasteiger partial charge < -0.3 is 5.73 Å². The fourth-order valence-corrected chi connectivity index (χ4v) is 1.28. The highest BCUT2D eigenvalue weighted by molar-refractivity contribution is 6.00. The second-order valence-corrected chi connectivity index (χ2v) is 3.25. The van der Waals surface area contributed by atoms with Gasteiger partial charge in [-0.1, -0.05) is 0 Å². The molecule has 0 aromatic carbocycles. The van der Waals surface area contributed by atoms with E-state index in [0.717, 1.165) is 11.3 Å². The molecule has 0 bridgehead atoms. The highest BCUT2D eigenvalue weighted by Gasteiger charge is 2.08. The van der Waals surface area contributed by atoms with Crippen LogP contribution in [0.1, 0.15) is 16.8 Å². The summed E-state index contributed by atoms with van der Waals surface area (Å²) in [5, 5.41) is 11.4. The third-order valence-electron chi connectivity index (χ3n) is 2.22. The number of nitrogens with two attached hydrogens (primary N) is 1. The van der Waals surface area contributed by atoms with Crippen LogP contribution in [0, 0.1) is 19.3 Å². The van der Waals surface area contributed by atoms with Crippen molar-refractivity contribution in [2.24, 2.45) is 5.73 Å². The van der Waals surface area contributed by atoms with Gasteiger partial charge in [-0.3, -0.25) is 5.41 Å². The monoisotopic (exact) mass is 189 g/mol. The molecule has 72 valence electrons. The molecule has 0 saturated carbocycles. The molecule has 2 aromatic heterocycles.